The molecule has 0 amide bonds. The molecule has 2 aromatic rings. The third-order valence-corrected chi connectivity index (χ3v) is 2.51. The molecule has 0 fully saturated rings. The molecule has 0 saturated heterocycles. The second-order valence-electron chi connectivity index (χ2n) is 3.69. The van der Waals surface area contributed by atoms with Gasteiger partial charge in [-0.2, -0.15) is 0 Å². The van der Waals surface area contributed by atoms with E-state index in [-0.39, 0.29) is 0 Å². The molecule has 1 unspecified atom stereocenters. The molecule has 0 radical (unpaired) electrons. The molecular weight excluding hydrogens is 204 g/mol. The summed E-state index contributed by atoms with van der Waals surface area (Å²) in [5, 5.41) is 10.0. The zero-order valence-corrected chi connectivity index (χ0v) is 9.04. The van der Waals surface area contributed by atoms with Gasteiger partial charge in [-0.15, -0.1) is 0 Å². The quantitative estimate of drug-likeness (QED) is 0.794. The molecule has 2 rings (SSSR count). The summed E-state index contributed by atoms with van der Waals surface area (Å²) in [7, 11) is 1.85. The molecular formula is C11H14N4O. The fraction of sp³-hybridized carbons (Fsp3) is 0.273. The lowest BCUT2D eigenvalue weighted by Crippen LogP contribution is -2.09. The van der Waals surface area contributed by atoms with Crippen LogP contribution in [0.15, 0.2) is 30.9 Å². The number of aliphatic hydroxyl groups is 1. The lowest BCUT2D eigenvalue weighted by Gasteiger charge is -2.11. The molecule has 0 bridgehead atoms. The van der Waals surface area contributed by atoms with E-state index >= 15 is 0 Å². The fourth-order valence-corrected chi connectivity index (χ4v) is 1.61. The van der Waals surface area contributed by atoms with Crippen LogP contribution in [0.25, 0.3) is 0 Å². The number of anilines is 1. The number of pyridine rings is 1. The number of imidazole rings is 1. The maximum absolute atomic E-state index is 10.0. The number of nitrogen functional groups attached to an aromatic ring is 1. The first kappa shape index (κ1) is 10.6. The minimum absolute atomic E-state index is 0.421. The zero-order valence-electron chi connectivity index (χ0n) is 9.04. The van der Waals surface area contributed by atoms with E-state index in [1.807, 2.05) is 7.05 Å². The Bertz CT molecular complexity index is 480. The highest BCUT2D eigenvalue weighted by Crippen LogP contribution is 2.19. The van der Waals surface area contributed by atoms with Gasteiger partial charge in [0.1, 0.15) is 11.9 Å². The average molecular weight is 218 g/mol. The van der Waals surface area contributed by atoms with Gasteiger partial charge in [0.25, 0.3) is 0 Å². The van der Waals surface area contributed by atoms with Crippen molar-refractivity contribution in [3.05, 3.63) is 42.2 Å². The molecule has 1 atom stereocenters. The van der Waals surface area contributed by atoms with E-state index in [0.717, 1.165) is 5.56 Å². The predicted octanol–water partition coefficient (Wildman–Crippen LogP) is 0.673. The van der Waals surface area contributed by atoms with Gasteiger partial charge in [0.15, 0.2) is 0 Å². The van der Waals surface area contributed by atoms with E-state index in [4.69, 9.17) is 5.73 Å². The molecule has 84 valence electrons. The van der Waals surface area contributed by atoms with E-state index in [1.54, 1.807) is 35.4 Å². The Morgan fingerprint density at radius 3 is 2.94 bits per heavy atom. The van der Waals surface area contributed by atoms with Crippen LogP contribution in [0.3, 0.4) is 0 Å². The summed E-state index contributed by atoms with van der Waals surface area (Å²) in [6, 6.07) is 1.72. The smallest absolute Gasteiger partial charge is 0.137 e. The molecule has 2 heterocycles. The summed E-state index contributed by atoms with van der Waals surface area (Å²) in [6.07, 6.45) is 6.51. The van der Waals surface area contributed by atoms with Crippen molar-refractivity contribution in [3.8, 4) is 0 Å². The van der Waals surface area contributed by atoms with Crippen molar-refractivity contribution in [2.75, 3.05) is 5.73 Å². The fourth-order valence-electron chi connectivity index (χ4n) is 1.61. The number of aryl methyl sites for hydroxylation is 1. The maximum Gasteiger partial charge on any atom is 0.137 e. The van der Waals surface area contributed by atoms with E-state index in [2.05, 4.69) is 9.97 Å². The lowest BCUT2D eigenvalue weighted by molar-refractivity contribution is 0.165. The Morgan fingerprint density at radius 1 is 1.50 bits per heavy atom. The van der Waals surface area contributed by atoms with Crippen molar-refractivity contribution in [2.24, 2.45) is 7.05 Å². The number of nitrogens with zero attached hydrogens (tertiary/aromatic N) is 3. The highest BCUT2D eigenvalue weighted by atomic mass is 16.3. The third kappa shape index (κ3) is 2.04. The SMILES string of the molecule is Cn1ccnc1C(O)Cc1cnccc1N. The Kier molecular flexibility index (Phi) is 2.87. The van der Waals surface area contributed by atoms with Crippen LogP contribution in [0.2, 0.25) is 0 Å². The van der Waals surface area contributed by atoms with E-state index in [0.29, 0.717) is 17.9 Å². The van der Waals surface area contributed by atoms with Crippen molar-refractivity contribution >= 4 is 5.69 Å². The highest BCUT2D eigenvalue weighted by Gasteiger charge is 2.14. The molecule has 16 heavy (non-hydrogen) atoms. The van der Waals surface area contributed by atoms with Gasteiger partial charge in [0.05, 0.1) is 0 Å². The summed E-state index contributed by atoms with van der Waals surface area (Å²) in [6.45, 7) is 0. The van der Waals surface area contributed by atoms with Crippen LogP contribution >= 0.6 is 0 Å². The molecule has 5 heteroatoms. The summed E-state index contributed by atoms with van der Waals surface area (Å²) >= 11 is 0. The average Bonchev–Trinajstić information content (AvgIpc) is 2.68. The van der Waals surface area contributed by atoms with Crippen LogP contribution in [-0.4, -0.2) is 19.6 Å². The number of aromatic nitrogens is 3. The molecule has 2 aromatic heterocycles. The summed E-state index contributed by atoms with van der Waals surface area (Å²) in [4.78, 5) is 8.08. The number of nitrogens with two attached hydrogens (primary N) is 1. The minimum atomic E-state index is -0.661. The van der Waals surface area contributed by atoms with Crippen LogP contribution in [0, 0.1) is 0 Å². The van der Waals surface area contributed by atoms with E-state index < -0.39 is 6.10 Å². The van der Waals surface area contributed by atoms with E-state index in [9.17, 15) is 5.11 Å². The first-order chi connectivity index (χ1) is 7.68. The van der Waals surface area contributed by atoms with Gasteiger partial charge in [-0.3, -0.25) is 4.98 Å². The van der Waals surface area contributed by atoms with Crippen LogP contribution in [0.1, 0.15) is 17.5 Å². The molecule has 0 saturated carbocycles. The molecule has 5 nitrogen and oxygen atoms in total. The summed E-state index contributed by atoms with van der Waals surface area (Å²) in [5.74, 6) is 0.628. The van der Waals surface area contributed by atoms with Crippen LogP contribution in [0.5, 0.6) is 0 Å². The number of aliphatic hydroxyl groups excluding tert-OH is 1. The third-order valence-electron chi connectivity index (χ3n) is 2.51. The highest BCUT2D eigenvalue weighted by molar-refractivity contribution is 5.44. The van der Waals surface area contributed by atoms with Gasteiger partial charge in [0.2, 0.25) is 0 Å². The van der Waals surface area contributed by atoms with Crippen molar-refractivity contribution in [3.63, 3.8) is 0 Å². The molecule has 0 aliphatic rings. The maximum atomic E-state index is 10.0. The summed E-state index contributed by atoms with van der Waals surface area (Å²) < 4.78 is 1.79. The Labute approximate surface area is 93.6 Å². The van der Waals surface area contributed by atoms with E-state index in [1.165, 1.54) is 0 Å². The Morgan fingerprint density at radius 2 is 2.31 bits per heavy atom. The Hall–Kier alpha value is -1.88. The van der Waals surface area contributed by atoms with Crippen molar-refractivity contribution in [2.45, 2.75) is 12.5 Å². The van der Waals surface area contributed by atoms with Gasteiger partial charge in [-0.05, 0) is 11.6 Å². The van der Waals surface area contributed by atoms with Gasteiger partial charge in [-0.25, -0.2) is 4.98 Å². The first-order valence-corrected chi connectivity index (χ1v) is 5.02. The van der Waals surface area contributed by atoms with Gasteiger partial charge >= 0.3 is 0 Å². The predicted molar refractivity (Wildman–Crippen MR) is 60.5 cm³/mol. The molecule has 0 aromatic carbocycles. The second kappa shape index (κ2) is 4.32. The van der Waals surface area contributed by atoms with Crippen LogP contribution in [-0.2, 0) is 13.5 Å². The number of hydrogen-bond acceptors (Lipinski definition) is 4. The largest absolute Gasteiger partial charge is 0.398 e. The Balaban J connectivity index is 2.17. The van der Waals surface area contributed by atoms with Gasteiger partial charge in [-0.1, -0.05) is 0 Å². The summed E-state index contributed by atoms with van der Waals surface area (Å²) in [5.41, 5.74) is 7.26. The van der Waals surface area contributed by atoms with Crippen LogP contribution < -0.4 is 5.73 Å². The number of hydrogen-bond donors (Lipinski definition) is 2. The van der Waals surface area contributed by atoms with Crippen molar-refractivity contribution in [1.82, 2.24) is 14.5 Å². The van der Waals surface area contributed by atoms with Crippen molar-refractivity contribution in [1.29, 1.82) is 0 Å². The molecule has 0 aliphatic heterocycles. The van der Waals surface area contributed by atoms with Gasteiger partial charge < -0.3 is 15.4 Å². The molecule has 0 spiro atoms. The molecule has 0 aliphatic carbocycles. The topological polar surface area (TPSA) is 77.0 Å². The number of rotatable bonds is 3. The second-order valence-corrected chi connectivity index (χ2v) is 3.69. The molecule has 3 N–H and O–H groups in total. The van der Waals surface area contributed by atoms with Gasteiger partial charge in [0, 0.05) is 43.9 Å². The normalized spacial score (nSPS) is 12.6. The lowest BCUT2D eigenvalue weighted by atomic mass is 10.1. The van der Waals surface area contributed by atoms with Crippen molar-refractivity contribution < 1.29 is 5.11 Å². The zero-order chi connectivity index (χ0) is 11.5. The first-order valence-electron chi connectivity index (χ1n) is 5.02. The minimum Gasteiger partial charge on any atom is -0.398 e. The van der Waals surface area contributed by atoms with Crippen LogP contribution in [0.4, 0.5) is 5.69 Å². The standard InChI is InChI=1S/C11H14N4O/c1-15-5-4-14-11(15)10(16)6-8-7-13-3-2-9(8)12/h2-5,7,10,16H,6H2,1H3,(H2,12,13). The monoisotopic (exact) mass is 218 g/mol.